The molecule has 2 N–H and O–H groups in total. The van der Waals surface area contributed by atoms with Crippen LogP contribution in [-0.2, 0) is 38.0 Å². The van der Waals surface area contributed by atoms with E-state index in [2.05, 4.69) is 13.2 Å². The van der Waals surface area contributed by atoms with Gasteiger partial charge in [0.1, 0.15) is 24.4 Å². The highest BCUT2D eigenvalue weighted by Gasteiger charge is 2.55. The standard InChI is InChI=1S/C11H16O5.C8H12O5/c1-5-6-7-8(16-11(2,3)15-6)9(13-4)10(12)14-7;1-3-4(9)6-5(10)7(12-2)8(11)13-6/h5-9H,1H2,2-4H3;3-7,9-10H,1H2,2H3/t6-,7?,8?,9-;4-,5?,6?,7-/m11/s1. The summed E-state index contributed by atoms with van der Waals surface area (Å²) in [6, 6.07) is 0. The van der Waals surface area contributed by atoms with Gasteiger partial charge in [-0.1, -0.05) is 12.2 Å². The zero-order chi connectivity index (χ0) is 21.9. The lowest BCUT2D eigenvalue weighted by atomic mass is 10.0. The minimum absolute atomic E-state index is 0.363. The van der Waals surface area contributed by atoms with Gasteiger partial charge in [0.25, 0.3) is 0 Å². The number of aliphatic hydroxyl groups is 2. The molecule has 3 aliphatic rings. The van der Waals surface area contributed by atoms with Crippen molar-refractivity contribution in [2.75, 3.05) is 14.2 Å². The van der Waals surface area contributed by atoms with Crippen LogP contribution in [0.5, 0.6) is 0 Å². The van der Waals surface area contributed by atoms with Crippen molar-refractivity contribution in [1.82, 2.24) is 0 Å². The molecule has 29 heavy (non-hydrogen) atoms. The monoisotopic (exact) mass is 416 g/mol. The van der Waals surface area contributed by atoms with Crippen molar-refractivity contribution in [2.24, 2.45) is 0 Å². The number of hydrogen-bond donors (Lipinski definition) is 2. The molecule has 3 heterocycles. The summed E-state index contributed by atoms with van der Waals surface area (Å²) in [6.45, 7) is 10.6. The maximum atomic E-state index is 11.5. The summed E-state index contributed by atoms with van der Waals surface area (Å²) in [5.41, 5.74) is 0. The Morgan fingerprint density at radius 1 is 1.03 bits per heavy atom. The Morgan fingerprint density at radius 3 is 2.10 bits per heavy atom. The number of carbonyl (C=O) groups is 2. The largest absolute Gasteiger partial charge is 0.454 e. The highest BCUT2D eigenvalue weighted by Crippen LogP contribution is 2.36. The van der Waals surface area contributed by atoms with E-state index in [-0.39, 0.29) is 6.10 Å². The van der Waals surface area contributed by atoms with Crippen molar-refractivity contribution in [3.8, 4) is 0 Å². The maximum Gasteiger partial charge on any atom is 0.338 e. The highest BCUT2D eigenvalue weighted by molar-refractivity contribution is 5.78. The molecular weight excluding hydrogens is 388 g/mol. The number of ether oxygens (including phenoxy) is 6. The van der Waals surface area contributed by atoms with Gasteiger partial charge in [0.2, 0.25) is 0 Å². The molecular formula is C19H28O10. The minimum Gasteiger partial charge on any atom is -0.454 e. The first-order valence-corrected chi connectivity index (χ1v) is 9.03. The number of hydrogen-bond acceptors (Lipinski definition) is 10. The number of carbonyl (C=O) groups excluding carboxylic acids is 2. The second-order valence-corrected chi connectivity index (χ2v) is 7.13. The van der Waals surface area contributed by atoms with Gasteiger partial charge < -0.3 is 38.6 Å². The van der Waals surface area contributed by atoms with Gasteiger partial charge in [0.05, 0.1) is 0 Å². The molecule has 164 valence electrons. The fourth-order valence-electron chi connectivity index (χ4n) is 3.34. The molecule has 8 atom stereocenters. The van der Waals surface area contributed by atoms with E-state index < -0.39 is 60.5 Å². The summed E-state index contributed by atoms with van der Waals surface area (Å²) in [7, 11) is 2.75. The van der Waals surface area contributed by atoms with E-state index in [1.54, 1.807) is 19.9 Å². The highest BCUT2D eigenvalue weighted by atomic mass is 16.8. The van der Waals surface area contributed by atoms with E-state index in [0.717, 1.165) is 0 Å². The number of cyclic esters (lactones) is 1. The molecule has 0 aliphatic carbocycles. The Balaban J connectivity index is 0.000000212. The molecule has 3 fully saturated rings. The second-order valence-electron chi connectivity index (χ2n) is 7.13. The van der Waals surface area contributed by atoms with Crippen LogP contribution in [0.1, 0.15) is 13.8 Å². The molecule has 3 aliphatic heterocycles. The van der Waals surface area contributed by atoms with Crippen LogP contribution in [0.25, 0.3) is 0 Å². The summed E-state index contributed by atoms with van der Waals surface area (Å²) in [5, 5.41) is 18.7. The van der Waals surface area contributed by atoms with E-state index in [1.165, 1.54) is 20.3 Å². The molecule has 10 heteroatoms. The fourth-order valence-corrected chi connectivity index (χ4v) is 3.34. The average molecular weight is 416 g/mol. The summed E-state index contributed by atoms with van der Waals surface area (Å²) >= 11 is 0. The predicted molar refractivity (Wildman–Crippen MR) is 97.6 cm³/mol. The van der Waals surface area contributed by atoms with Crippen molar-refractivity contribution in [2.45, 2.75) is 68.5 Å². The molecule has 10 nitrogen and oxygen atoms in total. The molecule has 4 unspecified atom stereocenters. The molecule has 0 spiro atoms. The van der Waals surface area contributed by atoms with Gasteiger partial charge in [-0.2, -0.15) is 0 Å². The smallest absolute Gasteiger partial charge is 0.338 e. The third-order valence-corrected chi connectivity index (χ3v) is 4.72. The van der Waals surface area contributed by atoms with Crippen LogP contribution < -0.4 is 0 Å². The lowest BCUT2D eigenvalue weighted by Crippen LogP contribution is -2.54. The molecule has 0 aromatic heterocycles. The molecule has 0 saturated carbocycles. The van der Waals surface area contributed by atoms with Gasteiger partial charge in [-0.15, -0.1) is 13.2 Å². The minimum atomic E-state index is -1.15. The van der Waals surface area contributed by atoms with Crippen LogP contribution >= 0.6 is 0 Å². The van der Waals surface area contributed by atoms with E-state index in [1.807, 2.05) is 0 Å². The molecule has 0 bridgehead atoms. The number of fused-ring (bicyclic) bond motifs is 1. The maximum absolute atomic E-state index is 11.5. The fraction of sp³-hybridized carbons (Fsp3) is 0.684. The van der Waals surface area contributed by atoms with Gasteiger partial charge in [-0.25, -0.2) is 9.59 Å². The van der Waals surface area contributed by atoms with Gasteiger partial charge in [0, 0.05) is 14.2 Å². The summed E-state index contributed by atoms with van der Waals surface area (Å²) in [4.78, 5) is 22.5. The lowest BCUT2D eigenvalue weighted by Gasteiger charge is -2.41. The van der Waals surface area contributed by atoms with Crippen LogP contribution in [0.3, 0.4) is 0 Å². The molecule has 0 radical (unpaired) electrons. The topological polar surface area (TPSA) is 130 Å². The molecule has 0 amide bonds. The van der Waals surface area contributed by atoms with Crippen molar-refractivity contribution in [1.29, 1.82) is 0 Å². The summed E-state index contributed by atoms with van der Waals surface area (Å²) < 4.78 is 30.9. The third kappa shape index (κ3) is 4.85. The van der Waals surface area contributed by atoms with Crippen LogP contribution in [0.2, 0.25) is 0 Å². The first-order valence-electron chi connectivity index (χ1n) is 9.03. The van der Waals surface area contributed by atoms with Gasteiger partial charge in [-0.05, 0) is 13.8 Å². The van der Waals surface area contributed by atoms with Crippen LogP contribution in [0.4, 0.5) is 0 Å². The Labute approximate surface area is 169 Å². The summed E-state index contributed by atoms with van der Waals surface area (Å²) in [5.74, 6) is -1.85. The number of rotatable bonds is 5. The Kier molecular flexibility index (Phi) is 7.55. The van der Waals surface area contributed by atoms with E-state index >= 15 is 0 Å². The van der Waals surface area contributed by atoms with Crippen molar-refractivity contribution in [3.63, 3.8) is 0 Å². The Morgan fingerprint density at radius 2 is 1.62 bits per heavy atom. The van der Waals surface area contributed by atoms with Crippen LogP contribution in [-0.4, -0.2) is 91.0 Å². The Bertz CT molecular complexity index is 632. The molecule has 3 rings (SSSR count). The van der Waals surface area contributed by atoms with E-state index in [4.69, 9.17) is 28.4 Å². The first kappa shape index (κ1) is 23.5. The van der Waals surface area contributed by atoms with Crippen molar-refractivity contribution < 1.29 is 48.2 Å². The second kappa shape index (κ2) is 9.33. The third-order valence-electron chi connectivity index (χ3n) is 4.72. The van der Waals surface area contributed by atoms with Crippen LogP contribution in [0, 0.1) is 0 Å². The van der Waals surface area contributed by atoms with Crippen LogP contribution in [0.15, 0.2) is 25.3 Å². The number of esters is 2. The average Bonchev–Trinajstić information content (AvgIpc) is 3.14. The quantitative estimate of drug-likeness (QED) is 0.445. The predicted octanol–water partition coefficient (Wildman–Crippen LogP) is -0.532. The molecule has 0 aromatic carbocycles. The zero-order valence-electron chi connectivity index (χ0n) is 16.8. The number of aliphatic hydroxyl groups excluding tert-OH is 2. The normalized spacial score (nSPS) is 38.8. The van der Waals surface area contributed by atoms with Gasteiger partial charge >= 0.3 is 11.9 Å². The number of methoxy groups -OCH3 is 2. The summed E-state index contributed by atoms with van der Waals surface area (Å²) in [6.07, 6.45) is -3.35. The first-order chi connectivity index (χ1) is 13.6. The van der Waals surface area contributed by atoms with Gasteiger partial charge in [0.15, 0.2) is 30.2 Å². The van der Waals surface area contributed by atoms with E-state index in [0.29, 0.717) is 0 Å². The zero-order valence-corrected chi connectivity index (χ0v) is 16.8. The Hall–Kier alpha value is -1.82. The van der Waals surface area contributed by atoms with Gasteiger partial charge in [-0.3, -0.25) is 0 Å². The van der Waals surface area contributed by atoms with Crippen molar-refractivity contribution >= 4 is 11.9 Å². The molecule has 0 aromatic rings. The van der Waals surface area contributed by atoms with E-state index in [9.17, 15) is 19.8 Å². The SMILES string of the molecule is C=C[C@@H](O)C1OC(=O)[C@H](OC)C1O.C=C[C@H]1OC(C)(C)OC2C1OC(=O)[C@@H]2OC. The van der Waals surface area contributed by atoms with Crippen molar-refractivity contribution in [3.05, 3.63) is 25.3 Å². The molecule has 3 saturated heterocycles. The lowest BCUT2D eigenvalue weighted by molar-refractivity contribution is -0.318.